The van der Waals surface area contributed by atoms with Crippen LogP contribution in [0.25, 0.3) is 5.57 Å². The van der Waals surface area contributed by atoms with E-state index in [1.807, 2.05) is 0 Å². The van der Waals surface area contributed by atoms with Crippen LogP contribution in [0.1, 0.15) is 5.56 Å². The molecule has 0 aliphatic carbocycles. The Bertz CT molecular complexity index is 675. The third-order valence-electron chi connectivity index (χ3n) is 2.54. The molecule has 0 radical (unpaired) electrons. The lowest BCUT2D eigenvalue weighted by molar-refractivity contribution is 0.414. The van der Waals surface area contributed by atoms with E-state index in [1.165, 1.54) is 13.2 Å². The van der Waals surface area contributed by atoms with Crippen LogP contribution >= 0.6 is 0 Å². The Morgan fingerprint density at radius 3 is 2.84 bits per heavy atom. The Hall–Kier alpha value is -2.12. The molecule has 0 spiro atoms. The number of nitrogens with zero attached hydrogens (tertiary/aromatic N) is 1. The summed E-state index contributed by atoms with van der Waals surface area (Å²) in [6, 6.07) is 4.58. The van der Waals surface area contributed by atoms with Crippen LogP contribution in [0.5, 0.6) is 5.75 Å². The highest BCUT2D eigenvalue weighted by molar-refractivity contribution is 7.89. The maximum atomic E-state index is 11.6. The molecule has 0 amide bonds. The molecule has 0 bridgehead atoms. The number of hydrazone groups is 1. The van der Waals surface area contributed by atoms with E-state index in [2.05, 4.69) is 10.5 Å². The van der Waals surface area contributed by atoms with Crippen molar-refractivity contribution in [1.82, 2.24) is 5.43 Å². The second-order valence-electron chi connectivity index (χ2n) is 3.77. The zero-order chi connectivity index (χ0) is 13.9. The largest absolute Gasteiger partial charge is 0.497 e. The molecule has 100 valence electrons. The number of sulfonamides is 1. The first-order valence-electron chi connectivity index (χ1n) is 5.39. The van der Waals surface area contributed by atoms with E-state index in [9.17, 15) is 8.42 Å². The van der Waals surface area contributed by atoms with Crippen LogP contribution in [0, 0.1) is 0 Å². The molecule has 0 saturated heterocycles. The van der Waals surface area contributed by atoms with Crippen molar-refractivity contribution in [1.29, 1.82) is 0 Å². The second-order valence-corrected chi connectivity index (χ2v) is 5.30. The van der Waals surface area contributed by atoms with Crippen molar-refractivity contribution in [3.63, 3.8) is 0 Å². The molecule has 7 heteroatoms. The van der Waals surface area contributed by atoms with Crippen molar-refractivity contribution >= 4 is 21.8 Å². The number of primary sulfonamides is 1. The maximum absolute atomic E-state index is 11.6. The predicted molar refractivity (Wildman–Crippen MR) is 73.1 cm³/mol. The smallest absolute Gasteiger partial charge is 0.238 e. The summed E-state index contributed by atoms with van der Waals surface area (Å²) >= 11 is 0. The van der Waals surface area contributed by atoms with Gasteiger partial charge in [0.15, 0.2) is 0 Å². The average molecular weight is 279 g/mol. The SMILES string of the molecule is COc1ccc(S(N)(=O)=O)c(C2=CNN=CC=C2)c1. The number of allylic oxidation sites excluding steroid dienone is 3. The molecule has 0 aromatic heterocycles. The van der Waals surface area contributed by atoms with Gasteiger partial charge in [0, 0.05) is 23.6 Å². The van der Waals surface area contributed by atoms with E-state index in [1.54, 1.807) is 36.7 Å². The molecule has 1 aromatic rings. The minimum Gasteiger partial charge on any atom is -0.497 e. The molecule has 6 nitrogen and oxygen atoms in total. The van der Waals surface area contributed by atoms with E-state index >= 15 is 0 Å². The molecule has 1 heterocycles. The van der Waals surface area contributed by atoms with E-state index in [0.29, 0.717) is 16.9 Å². The van der Waals surface area contributed by atoms with E-state index < -0.39 is 10.0 Å². The number of methoxy groups -OCH3 is 1. The lowest BCUT2D eigenvalue weighted by atomic mass is 10.1. The number of benzene rings is 1. The number of rotatable bonds is 3. The Morgan fingerprint density at radius 1 is 1.37 bits per heavy atom. The van der Waals surface area contributed by atoms with Gasteiger partial charge >= 0.3 is 0 Å². The second kappa shape index (κ2) is 5.25. The Kier molecular flexibility index (Phi) is 3.68. The Morgan fingerprint density at radius 2 is 2.16 bits per heavy atom. The summed E-state index contributed by atoms with van der Waals surface area (Å²) in [6.07, 6.45) is 6.56. The van der Waals surface area contributed by atoms with Gasteiger partial charge in [0.05, 0.1) is 12.0 Å². The third-order valence-corrected chi connectivity index (χ3v) is 3.50. The third kappa shape index (κ3) is 3.01. The van der Waals surface area contributed by atoms with Crippen LogP contribution < -0.4 is 15.3 Å². The van der Waals surface area contributed by atoms with Gasteiger partial charge in [-0.3, -0.25) is 5.43 Å². The van der Waals surface area contributed by atoms with Gasteiger partial charge in [-0.1, -0.05) is 6.08 Å². The summed E-state index contributed by atoms with van der Waals surface area (Å²) in [5.41, 5.74) is 3.77. The van der Waals surface area contributed by atoms with Crippen LogP contribution in [0.15, 0.2) is 46.5 Å². The normalized spacial score (nSPS) is 14.5. The lowest BCUT2D eigenvalue weighted by Crippen LogP contribution is -2.14. The van der Waals surface area contributed by atoms with Gasteiger partial charge in [-0.15, -0.1) is 0 Å². The summed E-state index contributed by atoms with van der Waals surface area (Å²) in [7, 11) is -2.31. The van der Waals surface area contributed by atoms with Crippen LogP contribution in [0.4, 0.5) is 0 Å². The summed E-state index contributed by atoms with van der Waals surface area (Å²) in [5.74, 6) is 0.543. The molecule has 0 fully saturated rings. The minimum atomic E-state index is -3.82. The number of hydrogen-bond donors (Lipinski definition) is 2. The number of ether oxygens (including phenoxy) is 1. The molecule has 3 N–H and O–H groups in total. The monoisotopic (exact) mass is 279 g/mol. The van der Waals surface area contributed by atoms with Crippen LogP contribution in [0.2, 0.25) is 0 Å². The van der Waals surface area contributed by atoms with E-state index in [-0.39, 0.29) is 4.90 Å². The lowest BCUT2D eigenvalue weighted by Gasteiger charge is -2.10. The molecule has 0 atom stereocenters. The highest BCUT2D eigenvalue weighted by Crippen LogP contribution is 2.28. The molecule has 0 unspecified atom stereocenters. The zero-order valence-electron chi connectivity index (χ0n) is 10.2. The molecular formula is C12H13N3O3S. The fourth-order valence-corrected chi connectivity index (χ4v) is 2.41. The summed E-state index contributed by atoms with van der Waals surface area (Å²) in [6.45, 7) is 0. The highest BCUT2D eigenvalue weighted by Gasteiger charge is 2.17. The number of hydrogen-bond acceptors (Lipinski definition) is 5. The summed E-state index contributed by atoms with van der Waals surface area (Å²) < 4.78 is 28.3. The highest BCUT2D eigenvalue weighted by atomic mass is 32.2. The first-order chi connectivity index (χ1) is 9.02. The average Bonchev–Trinajstić information content (AvgIpc) is 2.65. The molecule has 19 heavy (non-hydrogen) atoms. The predicted octanol–water partition coefficient (Wildman–Crippen LogP) is 0.829. The van der Waals surface area contributed by atoms with E-state index in [0.717, 1.165) is 0 Å². The van der Waals surface area contributed by atoms with Gasteiger partial charge in [0.1, 0.15) is 5.75 Å². The molecule has 2 rings (SSSR count). The standard InChI is InChI=1S/C12H13N3O3S/c1-18-10-4-5-12(19(13,16)17)11(7-10)9-3-2-6-14-15-8-9/h2-8,15H,1H3,(H2,13,16,17). The van der Waals surface area contributed by atoms with Gasteiger partial charge in [-0.05, 0) is 24.3 Å². The van der Waals surface area contributed by atoms with Crippen LogP contribution in [0.3, 0.4) is 0 Å². The number of nitrogens with two attached hydrogens (primary N) is 1. The number of nitrogens with one attached hydrogen (secondary N) is 1. The molecular weight excluding hydrogens is 266 g/mol. The minimum absolute atomic E-state index is 0.0351. The quantitative estimate of drug-likeness (QED) is 0.857. The zero-order valence-corrected chi connectivity index (χ0v) is 11.0. The molecule has 1 aliphatic heterocycles. The first-order valence-corrected chi connectivity index (χ1v) is 6.93. The van der Waals surface area contributed by atoms with Gasteiger partial charge < -0.3 is 4.74 Å². The van der Waals surface area contributed by atoms with Crippen molar-refractivity contribution < 1.29 is 13.2 Å². The fraction of sp³-hybridized carbons (Fsp3) is 0.0833. The van der Waals surface area contributed by atoms with Gasteiger partial charge in [0.25, 0.3) is 0 Å². The maximum Gasteiger partial charge on any atom is 0.238 e. The van der Waals surface area contributed by atoms with Crippen molar-refractivity contribution in [2.75, 3.05) is 7.11 Å². The molecule has 1 aromatic carbocycles. The molecule has 0 saturated carbocycles. The van der Waals surface area contributed by atoms with Crippen molar-refractivity contribution in [2.45, 2.75) is 4.90 Å². The van der Waals surface area contributed by atoms with Gasteiger partial charge in [0.2, 0.25) is 10.0 Å². The molecule has 1 aliphatic rings. The Balaban J connectivity index is 2.62. The topological polar surface area (TPSA) is 93.8 Å². The van der Waals surface area contributed by atoms with Gasteiger partial charge in [-0.2, -0.15) is 5.10 Å². The van der Waals surface area contributed by atoms with Crippen molar-refractivity contribution in [2.24, 2.45) is 10.2 Å². The summed E-state index contributed by atoms with van der Waals surface area (Å²) in [4.78, 5) is 0.0351. The fourth-order valence-electron chi connectivity index (χ4n) is 1.66. The van der Waals surface area contributed by atoms with E-state index in [4.69, 9.17) is 9.88 Å². The van der Waals surface area contributed by atoms with Crippen LogP contribution in [-0.4, -0.2) is 21.7 Å². The summed E-state index contributed by atoms with van der Waals surface area (Å²) in [5, 5.41) is 9.05. The van der Waals surface area contributed by atoms with Crippen molar-refractivity contribution in [3.8, 4) is 5.75 Å². The van der Waals surface area contributed by atoms with Crippen LogP contribution in [-0.2, 0) is 10.0 Å². The Labute approximate surface area is 111 Å². The first kappa shape index (κ1) is 13.3. The van der Waals surface area contributed by atoms with Gasteiger partial charge in [-0.25, -0.2) is 13.6 Å². The van der Waals surface area contributed by atoms with Crippen molar-refractivity contribution in [3.05, 3.63) is 42.1 Å².